The lowest BCUT2D eigenvalue weighted by Crippen LogP contribution is -2.45. The molecule has 2 aromatic rings. The molecule has 0 aliphatic carbocycles. The zero-order valence-corrected chi connectivity index (χ0v) is 20.2. The number of amides is 2. The van der Waals surface area contributed by atoms with E-state index in [4.69, 9.17) is 11.1 Å². The maximum absolute atomic E-state index is 13.5. The Balaban J connectivity index is 1.46. The lowest BCUT2D eigenvalue weighted by Gasteiger charge is -2.29. The molecule has 7 heteroatoms. The van der Waals surface area contributed by atoms with Crippen LogP contribution < -0.4 is 16.4 Å². The third kappa shape index (κ3) is 6.23. The standard InChI is InChI=1S/C27H37N5O2/c1-20(2)19-27(22-13-7-4-8-14-22)25(34)32(26(29)31-27)18-10-9-17-30-24(33)23(28)16-15-21-11-5-3-6-12-21/h3-8,11-14,20,23H,9-10,15-19,28H2,1-2H3,(H2,29,31)(H,30,33)/t23-,27?/m0/s1. The van der Waals surface area contributed by atoms with E-state index in [1.807, 2.05) is 60.7 Å². The molecule has 5 N–H and O–H groups in total. The predicted molar refractivity (Wildman–Crippen MR) is 135 cm³/mol. The summed E-state index contributed by atoms with van der Waals surface area (Å²) in [5.74, 6) is 0.194. The molecule has 0 spiro atoms. The normalized spacial score (nSPS) is 18.8. The number of guanidine groups is 1. The lowest BCUT2D eigenvalue weighted by atomic mass is 9.82. The Bertz CT molecular complexity index is 964. The van der Waals surface area contributed by atoms with Gasteiger partial charge < -0.3 is 16.4 Å². The van der Waals surface area contributed by atoms with Gasteiger partial charge in [0, 0.05) is 13.1 Å². The summed E-state index contributed by atoms with van der Waals surface area (Å²) in [4.78, 5) is 27.3. The molecular formula is C27H37N5O2. The van der Waals surface area contributed by atoms with Crippen molar-refractivity contribution >= 4 is 17.8 Å². The van der Waals surface area contributed by atoms with E-state index in [0.29, 0.717) is 38.8 Å². The van der Waals surface area contributed by atoms with Gasteiger partial charge in [-0.15, -0.1) is 0 Å². The quantitative estimate of drug-likeness (QED) is 0.362. The number of hydrogen-bond acceptors (Lipinski definition) is 4. The van der Waals surface area contributed by atoms with Gasteiger partial charge in [-0.1, -0.05) is 74.5 Å². The zero-order valence-electron chi connectivity index (χ0n) is 20.2. The van der Waals surface area contributed by atoms with Gasteiger partial charge in [0.15, 0.2) is 5.96 Å². The molecule has 0 bridgehead atoms. The third-order valence-electron chi connectivity index (χ3n) is 6.22. The van der Waals surface area contributed by atoms with Crippen LogP contribution >= 0.6 is 0 Å². The lowest BCUT2D eigenvalue weighted by molar-refractivity contribution is -0.132. The fourth-order valence-electron chi connectivity index (χ4n) is 4.49. The Morgan fingerprint density at radius 2 is 1.74 bits per heavy atom. The monoisotopic (exact) mass is 463 g/mol. The van der Waals surface area contributed by atoms with Gasteiger partial charge in [-0.05, 0) is 49.1 Å². The van der Waals surface area contributed by atoms with Crippen molar-refractivity contribution in [3.8, 4) is 0 Å². The SMILES string of the molecule is CC(C)CC1(c2ccccc2)NC(=N)N(CCCCNC(=O)[C@@H](N)CCc2ccccc2)C1=O. The Labute approximate surface area is 202 Å². The number of aryl methyl sites for hydroxylation is 1. The first kappa shape index (κ1) is 25.4. The Morgan fingerprint density at radius 3 is 2.38 bits per heavy atom. The summed E-state index contributed by atoms with van der Waals surface area (Å²) in [5, 5.41) is 14.5. The minimum atomic E-state index is -0.897. The first-order valence-electron chi connectivity index (χ1n) is 12.1. The molecule has 1 saturated heterocycles. The molecule has 1 aliphatic rings. The molecule has 2 amide bonds. The number of carbonyl (C=O) groups excluding carboxylic acids is 2. The summed E-state index contributed by atoms with van der Waals surface area (Å²) in [6.45, 7) is 5.10. The first-order chi connectivity index (χ1) is 16.3. The highest BCUT2D eigenvalue weighted by molar-refractivity contribution is 6.08. The molecule has 1 unspecified atom stereocenters. The van der Waals surface area contributed by atoms with Gasteiger partial charge in [-0.25, -0.2) is 0 Å². The number of nitrogens with one attached hydrogen (secondary N) is 3. The topological polar surface area (TPSA) is 111 Å². The molecule has 182 valence electrons. The number of benzene rings is 2. The van der Waals surface area contributed by atoms with Crippen molar-refractivity contribution in [2.45, 2.75) is 57.5 Å². The van der Waals surface area contributed by atoms with E-state index in [0.717, 1.165) is 12.0 Å². The van der Waals surface area contributed by atoms with Crippen LogP contribution in [0.1, 0.15) is 50.7 Å². The summed E-state index contributed by atoms with van der Waals surface area (Å²) < 4.78 is 0. The van der Waals surface area contributed by atoms with Crippen LogP contribution in [0.15, 0.2) is 60.7 Å². The van der Waals surface area contributed by atoms with Gasteiger partial charge in [0.1, 0.15) is 5.54 Å². The van der Waals surface area contributed by atoms with Gasteiger partial charge in [0.2, 0.25) is 5.91 Å². The van der Waals surface area contributed by atoms with Crippen LogP contribution in [0, 0.1) is 11.3 Å². The van der Waals surface area contributed by atoms with Gasteiger partial charge >= 0.3 is 0 Å². The van der Waals surface area contributed by atoms with E-state index >= 15 is 0 Å². The minimum Gasteiger partial charge on any atom is -0.355 e. The molecule has 2 aromatic carbocycles. The smallest absolute Gasteiger partial charge is 0.259 e. The number of nitrogens with zero attached hydrogens (tertiary/aromatic N) is 1. The first-order valence-corrected chi connectivity index (χ1v) is 12.1. The average Bonchev–Trinajstić information content (AvgIpc) is 3.07. The molecular weight excluding hydrogens is 426 g/mol. The maximum Gasteiger partial charge on any atom is 0.259 e. The van der Waals surface area contributed by atoms with E-state index in [1.165, 1.54) is 10.5 Å². The summed E-state index contributed by atoms with van der Waals surface area (Å²) in [7, 11) is 0. The van der Waals surface area contributed by atoms with E-state index < -0.39 is 11.6 Å². The van der Waals surface area contributed by atoms with Crippen molar-refractivity contribution in [2.24, 2.45) is 11.7 Å². The van der Waals surface area contributed by atoms with Crippen molar-refractivity contribution in [3.63, 3.8) is 0 Å². The molecule has 0 aromatic heterocycles. The zero-order chi connectivity index (χ0) is 24.6. The molecule has 1 fully saturated rings. The second-order valence-corrected chi connectivity index (χ2v) is 9.43. The predicted octanol–water partition coefficient (Wildman–Crippen LogP) is 3.15. The van der Waals surface area contributed by atoms with E-state index in [-0.39, 0.29) is 23.7 Å². The number of nitrogens with two attached hydrogens (primary N) is 1. The van der Waals surface area contributed by atoms with Crippen LogP contribution in [0.3, 0.4) is 0 Å². The van der Waals surface area contributed by atoms with E-state index in [2.05, 4.69) is 24.5 Å². The summed E-state index contributed by atoms with van der Waals surface area (Å²) in [6.07, 6.45) is 3.36. The fourth-order valence-corrected chi connectivity index (χ4v) is 4.49. The summed E-state index contributed by atoms with van der Waals surface area (Å²) in [6, 6.07) is 19.1. The van der Waals surface area contributed by atoms with E-state index in [1.54, 1.807) is 0 Å². The second kappa shape index (κ2) is 11.8. The van der Waals surface area contributed by atoms with Gasteiger partial charge in [-0.3, -0.25) is 19.9 Å². The van der Waals surface area contributed by atoms with E-state index in [9.17, 15) is 9.59 Å². The fraction of sp³-hybridized carbons (Fsp3) is 0.444. The molecule has 0 radical (unpaired) electrons. The largest absolute Gasteiger partial charge is 0.355 e. The number of rotatable bonds is 12. The van der Waals surface area contributed by atoms with Gasteiger partial charge in [0.25, 0.3) is 5.91 Å². The average molecular weight is 464 g/mol. The van der Waals surface area contributed by atoms with Crippen LogP contribution in [0.5, 0.6) is 0 Å². The van der Waals surface area contributed by atoms with Crippen LogP contribution in [0.4, 0.5) is 0 Å². The Morgan fingerprint density at radius 1 is 1.09 bits per heavy atom. The van der Waals surface area contributed by atoms with Crippen molar-refractivity contribution in [3.05, 3.63) is 71.8 Å². The van der Waals surface area contributed by atoms with Crippen LogP contribution in [-0.2, 0) is 21.5 Å². The van der Waals surface area contributed by atoms with Crippen molar-refractivity contribution in [2.75, 3.05) is 13.1 Å². The second-order valence-electron chi connectivity index (χ2n) is 9.43. The molecule has 2 atom stereocenters. The molecule has 34 heavy (non-hydrogen) atoms. The number of unbranched alkanes of at least 4 members (excludes halogenated alkanes) is 1. The maximum atomic E-state index is 13.5. The van der Waals surface area contributed by atoms with Crippen molar-refractivity contribution < 1.29 is 9.59 Å². The molecule has 0 saturated carbocycles. The molecule has 1 aliphatic heterocycles. The molecule has 3 rings (SSSR count). The van der Waals surface area contributed by atoms with Crippen molar-refractivity contribution in [1.29, 1.82) is 5.41 Å². The highest BCUT2D eigenvalue weighted by Crippen LogP contribution is 2.35. The Kier molecular flexibility index (Phi) is 8.82. The van der Waals surface area contributed by atoms with Gasteiger partial charge in [0.05, 0.1) is 6.04 Å². The highest BCUT2D eigenvalue weighted by Gasteiger charge is 2.50. The number of carbonyl (C=O) groups is 2. The third-order valence-corrected chi connectivity index (χ3v) is 6.22. The Hall–Kier alpha value is -3.19. The molecule has 1 heterocycles. The summed E-state index contributed by atoms with van der Waals surface area (Å²) >= 11 is 0. The molecule has 7 nitrogen and oxygen atoms in total. The van der Waals surface area contributed by atoms with Gasteiger partial charge in [-0.2, -0.15) is 0 Å². The van der Waals surface area contributed by atoms with Crippen LogP contribution in [0.25, 0.3) is 0 Å². The minimum absolute atomic E-state index is 0.0793. The summed E-state index contributed by atoms with van der Waals surface area (Å²) in [5.41, 5.74) is 7.20. The van der Waals surface area contributed by atoms with Crippen LogP contribution in [-0.4, -0.2) is 41.8 Å². The number of hydrogen-bond donors (Lipinski definition) is 4. The van der Waals surface area contributed by atoms with Crippen LogP contribution in [0.2, 0.25) is 0 Å². The van der Waals surface area contributed by atoms with Crippen molar-refractivity contribution in [1.82, 2.24) is 15.5 Å². The highest BCUT2D eigenvalue weighted by atomic mass is 16.2.